The van der Waals surface area contributed by atoms with Gasteiger partial charge in [0, 0.05) is 16.3 Å². The van der Waals surface area contributed by atoms with Gasteiger partial charge in [0.05, 0.1) is 30.1 Å². The molecule has 0 unspecified atom stereocenters. The van der Waals surface area contributed by atoms with E-state index in [0.29, 0.717) is 39.7 Å². The number of allylic oxidation sites excluding steroid dienone is 4. The van der Waals surface area contributed by atoms with Crippen LogP contribution in [-0.4, -0.2) is 28.1 Å². The average Bonchev–Trinajstić information content (AvgIpc) is 2.96. The van der Waals surface area contributed by atoms with E-state index in [-0.39, 0.29) is 17.1 Å². The molecule has 0 fully saturated rings. The molecule has 0 amide bonds. The molecule has 28 heavy (non-hydrogen) atoms. The Hall–Kier alpha value is -2.26. The smallest absolute Gasteiger partial charge is 0.342 e. The quantitative estimate of drug-likeness (QED) is 0.619. The number of nitrogens with one attached hydrogen (secondary N) is 1. The molecule has 0 radical (unpaired) electrons. The SMILES string of the molecule is CCOC(=O)c1c(C)oc2cc(Br)c(NS(=O)(=O)C3=CC=C(OC)CC3)cc12. The van der Waals surface area contributed by atoms with E-state index in [1.165, 1.54) is 6.08 Å². The lowest BCUT2D eigenvalue weighted by Gasteiger charge is -2.16. The number of furan rings is 1. The van der Waals surface area contributed by atoms with Gasteiger partial charge < -0.3 is 13.9 Å². The van der Waals surface area contributed by atoms with Crippen LogP contribution in [0.5, 0.6) is 0 Å². The molecule has 0 atom stereocenters. The summed E-state index contributed by atoms with van der Waals surface area (Å²) in [4.78, 5) is 12.5. The van der Waals surface area contributed by atoms with Gasteiger partial charge in [0.2, 0.25) is 0 Å². The number of rotatable bonds is 6. The lowest BCUT2D eigenvalue weighted by atomic mass is 10.1. The van der Waals surface area contributed by atoms with Gasteiger partial charge in [-0.1, -0.05) is 0 Å². The molecule has 9 heteroatoms. The number of ether oxygens (including phenoxy) is 2. The molecule has 150 valence electrons. The van der Waals surface area contributed by atoms with Crippen LogP contribution >= 0.6 is 15.9 Å². The number of carbonyl (C=O) groups is 1. The van der Waals surface area contributed by atoms with Gasteiger partial charge in [0.25, 0.3) is 10.0 Å². The van der Waals surface area contributed by atoms with Gasteiger partial charge in [0.15, 0.2) is 0 Å². The number of carbonyl (C=O) groups excluding carboxylic acids is 1. The molecule has 2 aromatic rings. The van der Waals surface area contributed by atoms with E-state index in [9.17, 15) is 13.2 Å². The van der Waals surface area contributed by atoms with Crippen molar-refractivity contribution in [3.8, 4) is 0 Å². The molecular formula is C19H20BrNO6S. The van der Waals surface area contributed by atoms with Gasteiger partial charge in [0.1, 0.15) is 16.9 Å². The Morgan fingerprint density at radius 3 is 2.64 bits per heavy atom. The molecule has 1 aromatic heterocycles. The summed E-state index contributed by atoms with van der Waals surface area (Å²) in [6, 6.07) is 3.20. The highest BCUT2D eigenvalue weighted by atomic mass is 79.9. The Bertz CT molecular complexity index is 1100. The van der Waals surface area contributed by atoms with Crippen LogP contribution in [0.3, 0.4) is 0 Å². The molecule has 1 aromatic carbocycles. The predicted octanol–water partition coefficient (Wildman–Crippen LogP) is 4.63. The Balaban J connectivity index is 2.00. The van der Waals surface area contributed by atoms with Crippen LogP contribution in [0.2, 0.25) is 0 Å². The van der Waals surface area contributed by atoms with Crippen LogP contribution in [0.25, 0.3) is 11.0 Å². The number of fused-ring (bicyclic) bond motifs is 1. The summed E-state index contributed by atoms with van der Waals surface area (Å²) in [5.74, 6) is 0.629. The average molecular weight is 470 g/mol. The van der Waals surface area contributed by atoms with Crippen molar-refractivity contribution < 1.29 is 27.1 Å². The van der Waals surface area contributed by atoms with Gasteiger partial charge >= 0.3 is 5.97 Å². The second-order valence-electron chi connectivity index (χ2n) is 6.16. The van der Waals surface area contributed by atoms with E-state index in [1.807, 2.05) is 0 Å². The molecule has 0 saturated carbocycles. The fourth-order valence-corrected chi connectivity index (χ4v) is 4.74. The third-order valence-corrected chi connectivity index (χ3v) is 6.53. The summed E-state index contributed by atoms with van der Waals surface area (Å²) in [6.07, 6.45) is 4.03. The summed E-state index contributed by atoms with van der Waals surface area (Å²) < 4.78 is 44.5. The normalized spacial score (nSPS) is 14.4. The molecule has 1 heterocycles. The molecule has 3 rings (SSSR count). The largest absolute Gasteiger partial charge is 0.501 e. The number of anilines is 1. The zero-order valence-corrected chi connectivity index (χ0v) is 18.1. The first-order chi connectivity index (χ1) is 13.3. The van der Waals surface area contributed by atoms with E-state index < -0.39 is 16.0 Å². The topological polar surface area (TPSA) is 94.8 Å². The van der Waals surface area contributed by atoms with Crippen LogP contribution in [0.15, 0.2) is 43.8 Å². The molecular weight excluding hydrogens is 450 g/mol. The number of sulfonamides is 1. The second kappa shape index (κ2) is 8.00. The fourth-order valence-electron chi connectivity index (χ4n) is 2.98. The molecule has 1 aliphatic carbocycles. The summed E-state index contributed by atoms with van der Waals surface area (Å²) in [5, 5.41) is 0.482. The highest BCUT2D eigenvalue weighted by Gasteiger charge is 2.24. The molecule has 1 N–H and O–H groups in total. The minimum absolute atomic E-state index is 0.228. The number of benzene rings is 1. The predicted molar refractivity (Wildman–Crippen MR) is 110 cm³/mol. The Morgan fingerprint density at radius 2 is 2.04 bits per heavy atom. The highest BCUT2D eigenvalue weighted by molar-refractivity contribution is 9.10. The lowest BCUT2D eigenvalue weighted by molar-refractivity contribution is 0.0526. The first kappa shape index (κ1) is 20.5. The van der Waals surface area contributed by atoms with E-state index in [1.54, 1.807) is 39.2 Å². The van der Waals surface area contributed by atoms with Crippen molar-refractivity contribution in [1.29, 1.82) is 0 Å². The lowest BCUT2D eigenvalue weighted by Crippen LogP contribution is -2.17. The van der Waals surface area contributed by atoms with Gasteiger partial charge in [-0.15, -0.1) is 0 Å². The van der Waals surface area contributed by atoms with Crippen molar-refractivity contribution >= 4 is 48.6 Å². The summed E-state index contributed by atoms with van der Waals surface area (Å²) in [7, 11) is -2.21. The molecule has 1 aliphatic rings. The minimum atomic E-state index is -3.76. The van der Waals surface area contributed by atoms with Gasteiger partial charge in [-0.05, 0) is 60.5 Å². The summed E-state index contributed by atoms with van der Waals surface area (Å²) >= 11 is 3.36. The standard InChI is InChI=1S/C19H20BrNO6S/c1-4-26-19(22)18-11(2)27-17-10-15(20)16(9-14(17)18)21-28(23,24)13-7-5-12(25-3)6-8-13/h5,7,9-10,21H,4,6,8H2,1-3H3. The maximum Gasteiger partial charge on any atom is 0.342 e. The third-order valence-electron chi connectivity index (χ3n) is 4.36. The van der Waals surface area contributed by atoms with Crippen LogP contribution < -0.4 is 4.72 Å². The second-order valence-corrected chi connectivity index (χ2v) is 8.75. The van der Waals surface area contributed by atoms with E-state index in [4.69, 9.17) is 13.9 Å². The zero-order valence-electron chi connectivity index (χ0n) is 15.7. The van der Waals surface area contributed by atoms with Crippen LogP contribution in [-0.2, 0) is 19.5 Å². The van der Waals surface area contributed by atoms with E-state index in [0.717, 1.165) is 5.76 Å². The van der Waals surface area contributed by atoms with Crippen molar-refractivity contribution in [3.05, 3.63) is 50.7 Å². The number of hydrogen-bond donors (Lipinski definition) is 1. The van der Waals surface area contributed by atoms with Crippen molar-refractivity contribution in [1.82, 2.24) is 0 Å². The van der Waals surface area contributed by atoms with Crippen LogP contribution in [0.4, 0.5) is 5.69 Å². The van der Waals surface area contributed by atoms with E-state index in [2.05, 4.69) is 20.7 Å². The highest BCUT2D eigenvalue weighted by Crippen LogP contribution is 2.35. The maximum absolute atomic E-state index is 12.8. The monoisotopic (exact) mass is 469 g/mol. The van der Waals surface area contributed by atoms with Gasteiger partial charge in [-0.2, -0.15) is 0 Å². The first-order valence-electron chi connectivity index (χ1n) is 8.63. The van der Waals surface area contributed by atoms with Crippen molar-refractivity contribution in [2.24, 2.45) is 0 Å². The Labute approximate surface area is 171 Å². The summed E-state index contributed by atoms with van der Waals surface area (Å²) in [5.41, 5.74) is 1.05. The molecule has 7 nitrogen and oxygen atoms in total. The molecule has 0 aliphatic heterocycles. The van der Waals surface area contributed by atoms with E-state index >= 15 is 0 Å². The minimum Gasteiger partial charge on any atom is -0.501 e. The summed E-state index contributed by atoms with van der Waals surface area (Å²) in [6.45, 7) is 3.61. The van der Waals surface area contributed by atoms with Crippen molar-refractivity contribution in [3.63, 3.8) is 0 Å². The van der Waals surface area contributed by atoms with Crippen LogP contribution in [0, 0.1) is 6.92 Å². The number of esters is 1. The Morgan fingerprint density at radius 1 is 1.29 bits per heavy atom. The van der Waals surface area contributed by atoms with Gasteiger partial charge in [-0.3, -0.25) is 4.72 Å². The van der Waals surface area contributed by atoms with Crippen LogP contribution in [0.1, 0.15) is 35.9 Å². The number of aryl methyl sites for hydroxylation is 1. The molecule has 0 saturated heterocycles. The maximum atomic E-state index is 12.8. The number of methoxy groups -OCH3 is 1. The molecule has 0 spiro atoms. The third kappa shape index (κ3) is 3.95. The van der Waals surface area contributed by atoms with Crippen molar-refractivity contribution in [2.75, 3.05) is 18.4 Å². The number of hydrogen-bond acceptors (Lipinski definition) is 6. The Kier molecular flexibility index (Phi) is 5.85. The zero-order chi connectivity index (χ0) is 20.5. The number of halogens is 1. The van der Waals surface area contributed by atoms with Crippen molar-refractivity contribution in [2.45, 2.75) is 26.7 Å². The van der Waals surface area contributed by atoms with Gasteiger partial charge in [-0.25, -0.2) is 13.2 Å². The fraction of sp³-hybridized carbons (Fsp3) is 0.316. The first-order valence-corrected chi connectivity index (χ1v) is 10.9. The molecule has 0 bridgehead atoms.